The van der Waals surface area contributed by atoms with Gasteiger partial charge in [0.05, 0.1) is 17.7 Å². The molecule has 208 valence electrons. The van der Waals surface area contributed by atoms with Gasteiger partial charge < -0.3 is 4.74 Å². The minimum absolute atomic E-state index is 0.0599. The number of hydrogen-bond acceptors (Lipinski definition) is 4. The van der Waals surface area contributed by atoms with Crippen molar-refractivity contribution in [2.75, 3.05) is 0 Å². The second-order valence-electron chi connectivity index (χ2n) is 10.6. The maximum absolute atomic E-state index is 13.9. The van der Waals surface area contributed by atoms with E-state index in [2.05, 4.69) is 107 Å². The highest BCUT2D eigenvalue weighted by molar-refractivity contribution is 14.1. The lowest BCUT2D eigenvalue weighted by molar-refractivity contribution is -0.124. The maximum atomic E-state index is 13.9. The number of para-hydroxylation sites is 1. The van der Waals surface area contributed by atoms with Crippen LogP contribution in [0.5, 0.6) is 5.75 Å². The van der Waals surface area contributed by atoms with Gasteiger partial charge in [-0.05, 0) is 128 Å². The Balaban J connectivity index is 1.27. The van der Waals surface area contributed by atoms with E-state index in [1.54, 1.807) is 0 Å². The van der Waals surface area contributed by atoms with E-state index >= 15 is 0 Å². The number of aliphatic imine (C=N–C) groups is 1. The molecular weight excluding hydrogens is 754 g/mol. The predicted molar refractivity (Wildman–Crippen MR) is 188 cm³/mol. The second kappa shape index (κ2) is 12.9. The van der Waals surface area contributed by atoms with Crippen LogP contribution < -0.4 is 4.74 Å². The van der Waals surface area contributed by atoms with Crippen LogP contribution in [0.2, 0.25) is 0 Å². The van der Waals surface area contributed by atoms with Crippen molar-refractivity contribution in [3.8, 4) is 5.75 Å². The summed E-state index contributed by atoms with van der Waals surface area (Å²) in [5, 5.41) is 3.21. The van der Waals surface area contributed by atoms with Gasteiger partial charge in [0.2, 0.25) is 0 Å². The normalized spacial score (nSPS) is 21.2. The highest BCUT2D eigenvalue weighted by atomic mass is 127. The van der Waals surface area contributed by atoms with Crippen LogP contribution in [0.1, 0.15) is 43.7 Å². The minimum Gasteiger partial charge on any atom is -0.487 e. The molecule has 4 nitrogen and oxygen atoms in total. The Morgan fingerprint density at radius 1 is 0.951 bits per heavy atom. The number of hydrogen-bond donors (Lipinski definition) is 0. The van der Waals surface area contributed by atoms with Crippen LogP contribution >= 0.6 is 56.9 Å². The third kappa shape index (κ3) is 6.37. The fourth-order valence-corrected chi connectivity index (χ4v) is 8.84. The Kier molecular flexibility index (Phi) is 9.02. The van der Waals surface area contributed by atoms with Gasteiger partial charge in [0.25, 0.3) is 5.91 Å². The highest BCUT2D eigenvalue weighted by Gasteiger charge is 2.41. The monoisotopic (exact) mass is 784 g/mol. The first-order valence-corrected chi connectivity index (χ1v) is 16.9. The molecule has 2 atom stereocenters. The number of nitrogens with zero attached hydrogens (tertiary/aromatic N) is 2. The molecule has 0 unspecified atom stereocenters. The molecule has 0 aromatic heterocycles. The molecule has 0 radical (unpaired) electrons. The Hall–Kier alpha value is -2.37. The van der Waals surface area contributed by atoms with E-state index in [4.69, 9.17) is 9.73 Å². The first-order chi connectivity index (χ1) is 20.0. The molecule has 0 N–H and O–H groups in total. The average Bonchev–Trinajstić information content (AvgIpc) is 3.27. The number of fused-ring (bicyclic) bond motifs is 1. The van der Waals surface area contributed by atoms with Crippen molar-refractivity contribution in [1.29, 1.82) is 0 Å². The second-order valence-corrected chi connectivity index (χ2v) is 13.9. The van der Waals surface area contributed by atoms with Crippen LogP contribution in [0.25, 0.3) is 16.8 Å². The number of carbonyl (C=O) groups excluding carboxylic acids is 1. The quantitative estimate of drug-likeness (QED) is 0.145. The molecule has 6 rings (SSSR count). The molecule has 2 fully saturated rings. The molecule has 1 aliphatic heterocycles. The summed E-state index contributed by atoms with van der Waals surface area (Å²) in [6.45, 7) is 2.77. The molecule has 41 heavy (non-hydrogen) atoms. The van der Waals surface area contributed by atoms with Gasteiger partial charge >= 0.3 is 0 Å². The van der Waals surface area contributed by atoms with Gasteiger partial charge in [-0.2, -0.15) is 0 Å². The van der Waals surface area contributed by atoms with Crippen LogP contribution in [0.3, 0.4) is 0 Å². The number of ether oxygens (including phenoxy) is 1. The van der Waals surface area contributed by atoms with Crippen LogP contribution in [0.15, 0.2) is 94.8 Å². The summed E-state index contributed by atoms with van der Waals surface area (Å²) in [6, 6.07) is 29.0. The lowest BCUT2D eigenvalue weighted by Gasteiger charge is -2.35. The van der Waals surface area contributed by atoms with Gasteiger partial charge in [-0.1, -0.05) is 80.4 Å². The molecule has 1 aliphatic carbocycles. The Labute approximate surface area is 272 Å². The van der Waals surface area contributed by atoms with Gasteiger partial charge in [-0.3, -0.25) is 9.69 Å². The van der Waals surface area contributed by atoms with Crippen LogP contribution in [-0.4, -0.2) is 22.0 Å². The standard InChI is InChI=1S/C34H30I2N2O2S/c1-22-10-5-8-17-30(22)38-33(39)31(41-34(38)37-26-14-3-2-4-15-26)20-23-18-28(35)32(29(36)19-23)40-21-25-13-9-12-24-11-6-7-16-27(24)25/h2-4,6-7,9,11-16,18-20,22,30H,5,8,10,17,21H2,1H3/b31-20-,37-34?/t22-,30-/m1/s1. The average molecular weight is 785 g/mol. The first kappa shape index (κ1) is 28.7. The Bertz CT molecular complexity index is 1630. The van der Waals surface area contributed by atoms with Crippen molar-refractivity contribution in [3.05, 3.63) is 108 Å². The summed E-state index contributed by atoms with van der Waals surface area (Å²) in [4.78, 5) is 21.5. The largest absolute Gasteiger partial charge is 0.487 e. The molecule has 4 aromatic carbocycles. The van der Waals surface area contributed by atoms with Crippen molar-refractivity contribution in [2.45, 2.75) is 45.3 Å². The van der Waals surface area contributed by atoms with E-state index in [0.717, 1.165) is 54.1 Å². The molecule has 2 aliphatic rings. The fourth-order valence-electron chi connectivity index (χ4n) is 5.67. The third-order valence-electron chi connectivity index (χ3n) is 7.79. The third-order valence-corrected chi connectivity index (χ3v) is 10.4. The van der Waals surface area contributed by atoms with Crippen molar-refractivity contribution >= 4 is 90.6 Å². The molecule has 0 bridgehead atoms. The summed E-state index contributed by atoms with van der Waals surface area (Å²) >= 11 is 6.17. The van der Waals surface area contributed by atoms with Gasteiger partial charge in [0, 0.05) is 6.04 Å². The molecule has 1 saturated heterocycles. The summed E-state index contributed by atoms with van der Waals surface area (Å²) in [5.41, 5.74) is 3.02. The van der Waals surface area contributed by atoms with E-state index in [1.165, 1.54) is 29.0 Å². The predicted octanol–water partition coefficient (Wildman–Crippen LogP) is 9.81. The van der Waals surface area contributed by atoms with Gasteiger partial charge in [-0.25, -0.2) is 4.99 Å². The zero-order valence-electron chi connectivity index (χ0n) is 22.7. The zero-order chi connectivity index (χ0) is 28.3. The molecule has 7 heteroatoms. The van der Waals surface area contributed by atoms with Crippen LogP contribution in [-0.2, 0) is 11.4 Å². The molecule has 4 aromatic rings. The number of amidine groups is 1. The van der Waals surface area contributed by atoms with Crippen molar-refractivity contribution in [1.82, 2.24) is 4.90 Å². The number of carbonyl (C=O) groups is 1. The smallest absolute Gasteiger partial charge is 0.267 e. The number of thioether (sulfide) groups is 1. The van der Waals surface area contributed by atoms with Crippen molar-refractivity contribution < 1.29 is 9.53 Å². The van der Waals surface area contributed by atoms with E-state index in [-0.39, 0.29) is 11.9 Å². The number of halogens is 2. The topological polar surface area (TPSA) is 41.9 Å². The van der Waals surface area contributed by atoms with E-state index in [0.29, 0.717) is 17.4 Å². The maximum Gasteiger partial charge on any atom is 0.267 e. The summed E-state index contributed by atoms with van der Waals surface area (Å²) in [7, 11) is 0. The number of benzene rings is 4. The van der Waals surface area contributed by atoms with E-state index < -0.39 is 0 Å². The summed E-state index contributed by atoms with van der Waals surface area (Å²) in [5.74, 6) is 1.38. The number of amides is 1. The van der Waals surface area contributed by atoms with Crippen molar-refractivity contribution in [3.63, 3.8) is 0 Å². The first-order valence-electron chi connectivity index (χ1n) is 13.9. The molecule has 1 heterocycles. The lowest BCUT2D eigenvalue weighted by atomic mass is 9.85. The highest BCUT2D eigenvalue weighted by Crippen LogP contribution is 2.41. The SMILES string of the molecule is C[C@@H]1CCCC[C@H]1N1C(=O)/C(=C/c2cc(I)c(OCc3cccc4ccccc34)c(I)c2)SC1=Nc1ccccc1. The Morgan fingerprint density at radius 2 is 1.66 bits per heavy atom. The molecular formula is C34H30I2N2O2S. The van der Waals surface area contributed by atoms with Crippen LogP contribution in [0, 0.1) is 13.1 Å². The number of rotatable bonds is 6. The molecule has 1 amide bonds. The fraction of sp³-hybridized carbons (Fsp3) is 0.235. The minimum atomic E-state index is 0.0599. The van der Waals surface area contributed by atoms with Crippen molar-refractivity contribution in [2.24, 2.45) is 10.9 Å². The van der Waals surface area contributed by atoms with Gasteiger partial charge in [0.15, 0.2) is 5.17 Å². The zero-order valence-corrected chi connectivity index (χ0v) is 27.9. The van der Waals surface area contributed by atoms with E-state index in [9.17, 15) is 4.79 Å². The van der Waals surface area contributed by atoms with Gasteiger partial charge in [0.1, 0.15) is 12.4 Å². The van der Waals surface area contributed by atoms with Gasteiger partial charge in [-0.15, -0.1) is 0 Å². The molecule has 1 saturated carbocycles. The summed E-state index contributed by atoms with van der Waals surface area (Å²) in [6.07, 6.45) is 6.56. The summed E-state index contributed by atoms with van der Waals surface area (Å²) < 4.78 is 8.41. The lowest BCUT2D eigenvalue weighted by Crippen LogP contribution is -2.44. The molecule has 0 spiro atoms. The van der Waals surface area contributed by atoms with Crippen LogP contribution in [0.4, 0.5) is 5.69 Å². The van der Waals surface area contributed by atoms with E-state index in [1.807, 2.05) is 41.3 Å². The Morgan fingerprint density at radius 3 is 2.44 bits per heavy atom.